The molecule has 4 rings (SSSR count). The number of anilines is 4. The fourth-order valence-corrected chi connectivity index (χ4v) is 5.06. The van der Waals surface area contributed by atoms with Crippen molar-refractivity contribution >= 4 is 54.4 Å². The second-order valence-corrected chi connectivity index (χ2v) is 13.7. The fourth-order valence-electron chi connectivity index (χ4n) is 3.80. The zero-order chi connectivity index (χ0) is 34.6. The van der Waals surface area contributed by atoms with Crippen LogP contribution in [0.3, 0.4) is 0 Å². The first-order valence-electron chi connectivity index (χ1n) is 12.9. The van der Waals surface area contributed by atoms with E-state index in [0.29, 0.717) is 5.69 Å². The number of nitrogens with zero attached hydrogens (tertiary/aromatic N) is 4. The molecule has 3 aromatic carbocycles. The summed E-state index contributed by atoms with van der Waals surface area (Å²) in [6, 6.07) is 16.7. The molecular weight excluding hydrogens is 676 g/mol. The Labute approximate surface area is 264 Å². The SMILES string of the molecule is CS(=O)(=O)c1ccc(C(=NNc2cc(NN=C(c3ccc(S(C)(=O)=O)cc3)C(F)(F)F)nc(Nc3ccccc3)n2)C(F)(F)F)cc1. The Hall–Kier alpha value is -5.04. The summed E-state index contributed by atoms with van der Waals surface area (Å²) >= 11 is 0. The van der Waals surface area contributed by atoms with Crippen LogP contribution in [0.15, 0.2) is 105 Å². The maximum absolute atomic E-state index is 14.0. The molecule has 0 spiro atoms. The lowest BCUT2D eigenvalue weighted by molar-refractivity contribution is -0.0590. The summed E-state index contributed by atoms with van der Waals surface area (Å²) in [6.07, 6.45) is -8.28. The monoisotopic (exact) mass is 699 g/mol. The van der Waals surface area contributed by atoms with Gasteiger partial charge in [0.05, 0.1) is 9.79 Å². The number of hydrogen-bond acceptors (Lipinski definition) is 11. The lowest BCUT2D eigenvalue weighted by Crippen LogP contribution is -2.25. The molecule has 0 radical (unpaired) electrons. The van der Waals surface area contributed by atoms with Gasteiger partial charge >= 0.3 is 12.4 Å². The first-order valence-corrected chi connectivity index (χ1v) is 16.7. The Balaban J connectivity index is 1.73. The minimum atomic E-state index is -5.03. The Bertz CT molecular complexity index is 1900. The van der Waals surface area contributed by atoms with E-state index in [1.54, 1.807) is 30.3 Å². The third-order valence-corrected chi connectivity index (χ3v) is 8.23. The van der Waals surface area contributed by atoms with E-state index >= 15 is 0 Å². The zero-order valence-electron chi connectivity index (χ0n) is 24.1. The quantitative estimate of drug-likeness (QED) is 0.106. The summed E-state index contributed by atoms with van der Waals surface area (Å²) in [6.45, 7) is 0. The first kappa shape index (κ1) is 34.8. The molecule has 19 heteroatoms. The molecule has 0 aliphatic heterocycles. The number of nitrogens with one attached hydrogen (secondary N) is 3. The van der Waals surface area contributed by atoms with Crippen molar-refractivity contribution in [2.75, 3.05) is 28.7 Å². The van der Waals surface area contributed by atoms with Crippen LogP contribution in [0.5, 0.6) is 0 Å². The number of benzene rings is 3. The minimum Gasteiger partial charge on any atom is -0.324 e. The van der Waals surface area contributed by atoms with Crippen LogP contribution in [0.4, 0.5) is 49.6 Å². The molecule has 0 aliphatic rings. The van der Waals surface area contributed by atoms with Crippen LogP contribution in [-0.2, 0) is 19.7 Å². The molecule has 0 unspecified atom stereocenters. The lowest BCUT2D eigenvalue weighted by Gasteiger charge is -2.14. The van der Waals surface area contributed by atoms with E-state index < -0.39 is 66.2 Å². The highest BCUT2D eigenvalue weighted by Crippen LogP contribution is 2.27. The third-order valence-electron chi connectivity index (χ3n) is 5.97. The number of hydrogen-bond donors (Lipinski definition) is 3. The maximum Gasteiger partial charge on any atom is 0.435 e. The third kappa shape index (κ3) is 9.49. The standard InChI is InChI=1S/C28H23F6N7O4S2/c1-46(42,43)20-12-8-17(9-13-20)24(27(29,30)31)40-38-22-16-23(37-26(36-22)35-19-6-4-3-5-7-19)39-41-25(28(32,33)34)18-10-14-21(15-11-18)47(2,44)45/h3-16H,1-2H3,(H3,35,36,37,38,39). The summed E-state index contributed by atoms with van der Waals surface area (Å²) in [7, 11) is -7.38. The van der Waals surface area contributed by atoms with E-state index in [0.717, 1.165) is 67.1 Å². The van der Waals surface area contributed by atoms with E-state index in [4.69, 9.17) is 0 Å². The number of halogens is 6. The Kier molecular flexibility index (Phi) is 9.90. The maximum atomic E-state index is 14.0. The topological polar surface area (TPSA) is 155 Å². The van der Waals surface area contributed by atoms with Crippen LogP contribution in [0.1, 0.15) is 11.1 Å². The van der Waals surface area contributed by atoms with Gasteiger partial charge in [0, 0.05) is 35.4 Å². The first-order chi connectivity index (χ1) is 21.8. The summed E-state index contributed by atoms with van der Waals surface area (Å²) in [5.74, 6) is -1.08. The highest BCUT2D eigenvalue weighted by atomic mass is 32.2. The molecule has 0 aliphatic carbocycles. The van der Waals surface area contributed by atoms with Gasteiger partial charge in [0.2, 0.25) is 5.95 Å². The van der Waals surface area contributed by atoms with Gasteiger partial charge in [0.15, 0.2) is 42.7 Å². The molecule has 4 aromatic rings. The van der Waals surface area contributed by atoms with Crippen LogP contribution in [0.25, 0.3) is 0 Å². The van der Waals surface area contributed by atoms with Crippen molar-refractivity contribution < 1.29 is 43.2 Å². The highest BCUT2D eigenvalue weighted by molar-refractivity contribution is 7.91. The van der Waals surface area contributed by atoms with Crippen molar-refractivity contribution in [3.8, 4) is 0 Å². The van der Waals surface area contributed by atoms with Gasteiger partial charge in [0.1, 0.15) is 0 Å². The molecule has 3 N–H and O–H groups in total. The molecule has 0 fully saturated rings. The van der Waals surface area contributed by atoms with E-state index in [1.165, 1.54) is 0 Å². The molecule has 11 nitrogen and oxygen atoms in total. The Morgan fingerprint density at radius 2 is 1.00 bits per heavy atom. The van der Waals surface area contributed by atoms with Crippen molar-refractivity contribution in [3.05, 3.63) is 96.1 Å². The number of para-hydroxylation sites is 1. The highest BCUT2D eigenvalue weighted by Gasteiger charge is 2.38. The number of sulfone groups is 2. The average molecular weight is 700 g/mol. The van der Waals surface area contributed by atoms with Crippen LogP contribution in [0, 0.1) is 0 Å². The second kappa shape index (κ2) is 13.4. The van der Waals surface area contributed by atoms with Crippen LogP contribution < -0.4 is 16.2 Å². The second-order valence-electron chi connectivity index (χ2n) is 9.69. The molecule has 0 amide bonds. The summed E-state index contributed by atoms with van der Waals surface area (Å²) in [4.78, 5) is 7.63. The van der Waals surface area contributed by atoms with E-state index in [9.17, 15) is 43.2 Å². The number of rotatable bonds is 10. The van der Waals surface area contributed by atoms with Gasteiger partial charge in [0.25, 0.3) is 0 Å². The predicted octanol–water partition coefficient (Wildman–Crippen LogP) is 5.78. The van der Waals surface area contributed by atoms with Gasteiger partial charge in [-0.1, -0.05) is 42.5 Å². The van der Waals surface area contributed by atoms with Gasteiger partial charge in [-0.05, 0) is 36.4 Å². The zero-order valence-corrected chi connectivity index (χ0v) is 25.7. The van der Waals surface area contributed by atoms with Crippen LogP contribution in [0.2, 0.25) is 0 Å². The summed E-state index contributed by atoms with van der Waals surface area (Å²) < 4.78 is 131. The van der Waals surface area contributed by atoms with Gasteiger partial charge in [-0.25, -0.2) is 16.8 Å². The van der Waals surface area contributed by atoms with E-state index in [2.05, 4.69) is 36.3 Å². The van der Waals surface area contributed by atoms with Crippen molar-refractivity contribution in [1.82, 2.24) is 9.97 Å². The van der Waals surface area contributed by atoms with Crippen LogP contribution in [-0.4, -0.2) is 63.1 Å². The average Bonchev–Trinajstić information content (AvgIpc) is 2.96. The molecule has 0 bridgehead atoms. The predicted molar refractivity (Wildman–Crippen MR) is 163 cm³/mol. The molecular formula is C28H23F6N7O4S2. The van der Waals surface area contributed by atoms with Gasteiger partial charge in [-0.15, -0.1) is 0 Å². The van der Waals surface area contributed by atoms with Gasteiger partial charge in [-0.3, -0.25) is 10.9 Å². The minimum absolute atomic E-state index is 0.219. The molecule has 0 saturated carbocycles. The van der Waals surface area contributed by atoms with Gasteiger partial charge in [-0.2, -0.15) is 46.5 Å². The molecule has 248 valence electrons. The molecule has 0 saturated heterocycles. The largest absolute Gasteiger partial charge is 0.435 e. The van der Waals surface area contributed by atoms with Crippen LogP contribution >= 0.6 is 0 Å². The van der Waals surface area contributed by atoms with E-state index in [1.807, 2.05) is 0 Å². The molecule has 0 atom stereocenters. The lowest BCUT2D eigenvalue weighted by atomic mass is 10.1. The van der Waals surface area contributed by atoms with Crippen molar-refractivity contribution in [1.29, 1.82) is 0 Å². The Morgan fingerprint density at radius 1 is 0.617 bits per heavy atom. The van der Waals surface area contributed by atoms with Crippen molar-refractivity contribution in [3.63, 3.8) is 0 Å². The number of alkyl halides is 6. The van der Waals surface area contributed by atoms with Gasteiger partial charge < -0.3 is 5.32 Å². The van der Waals surface area contributed by atoms with Crippen molar-refractivity contribution in [2.45, 2.75) is 22.1 Å². The summed E-state index contributed by atoms with van der Waals surface area (Å²) in [5.41, 5.74) is 0.763. The fraction of sp³-hybridized carbons (Fsp3) is 0.143. The summed E-state index contributed by atoms with van der Waals surface area (Å²) in [5, 5.41) is 9.58. The molecule has 47 heavy (non-hydrogen) atoms. The molecule has 1 heterocycles. The Morgan fingerprint density at radius 3 is 1.34 bits per heavy atom. The smallest absolute Gasteiger partial charge is 0.324 e. The number of hydrazone groups is 2. The van der Waals surface area contributed by atoms with Crippen molar-refractivity contribution in [2.24, 2.45) is 10.2 Å². The normalized spacial score (nSPS) is 13.3. The number of aromatic nitrogens is 2. The van der Waals surface area contributed by atoms with E-state index in [-0.39, 0.29) is 15.7 Å². The molecule has 1 aromatic heterocycles.